The number of hydrogen-bond donors (Lipinski definition) is 1. The molecule has 0 spiro atoms. The normalized spacial score (nSPS) is 15.6. The van der Waals surface area contributed by atoms with Gasteiger partial charge in [-0.3, -0.25) is 14.5 Å². The minimum absolute atomic E-state index is 0.0140. The van der Waals surface area contributed by atoms with Crippen molar-refractivity contribution in [2.24, 2.45) is 0 Å². The second kappa shape index (κ2) is 6.98. The van der Waals surface area contributed by atoms with E-state index in [2.05, 4.69) is 15.4 Å². The molecule has 8 nitrogen and oxygen atoms in total. The Bertz CT molecular complexity index is 748. The molecule has 1 saturated heterocycles. The van der Waals surface area contributed by atoms with Crippen molar-refractivity contribution in [2.45, 2.75) is 0 Å². The lowest BCUT2D eigenvalue weighted by molar-refractivity contribution is -0.135. The minimum atomic E-state index is -0.212. The number of halogens is 1. The van der Waals surface area contributed by atoms with Crippen molar-refractivity contribution in [3.63, 3.8) is 0 Å². The average Bonchev–Trinajstić information content (AvgIpc) is 3.05. The van der Waals surface area contributed by atoms with E-state index in [1.807, 2.05) is 4.90 Å². The van der Waals surface area contributed by atoms with Crippen LogP contribution in [0.25, 0.3) is 5.69 Å². The van der Waals surface area contributed by atoms with Gasteiger partial charge in [-0.15, -0.1) is 0 Å². The van der Waals surface area contributed by atoms with Gasteiger partial charge in [-0.1, -0.05) is 11.6 Å². The van der Waals surface area contributed by atoms with Gasteiger partial charge in [-0.2, -0.15) is 5.10 Å². The summed E-state index contributed by atoms with van der Waals surface area (Å²) in [7, 11) is 1.76. The van der Waals surface area contributed by atoms with Crippen molar-refractivity contribution in [3.8, 4) is 5.69 Å². The van der Waals surface area contributed by atoms with Crippen LogP contribution in [0.3, 0.4) is 0 Å². The Hall–Kier alpha value is -2.45. The van der Waals surface area contributed by atoms with Crippen molar-refractivity contribution in [2.75, 3.05) is 38.5 Å². The molecule has 0 bridgehead atoms. The molecule has 0 atom stereocenters. The average molecular weight is 349 g/mol. The van der Waals surface area contributed by atoms with Crippen LogP contribution in [0.2, 0.25) is 5.02 Å². The van der Waals surface area contributed by atoms with Crippen molar-refractivity contribution >= 4 is 29.1 Å². The molecule has 2 amide bonds. The lowest BCUT2D eigenvalue weighted by Crippen LogP contribution is -2.50. The number of carbonyl (C=O) groups is 2. The van der Waals surface area contributed by atoms with E-state index in [9.17, 15) is 9.59 Å². The van der Waals surface area contributed by atoms with Crippen LogP contribution in [0.5, 0.6) is 0 Å². The fourth-order valence-corrected chi connectivity index (χ4v) is 2.65. The highest BCUT2D eigenvalue weighted by Gasteiger charge is 2.23. The first-order valence-corrected chi connectivity index (χ1v) is 7.81. The molecule has 1 aromatic carbocycles. The lowest BCUT2D eigenvalue weighted by Gasteiger charge is -2.31. The standard InChI is InChI=1S/C15H17ClN6O2/c1-20-4-5-21(8-15(20)24)7-14(23)19-12-6-11(16)2-3-13(12)22-10-17-9-18-22/h2-3,6,9-10H,4-5,7-8H2,1H3,(H,19,23). The molecule has 1 aliphatic rings. The van der Waals surface area contributed by atoms with Gasteiger partial charge in [0.25, 0.3) is 0 Å². The molecule has 0 aliphatic carbocycles. The number of aromatic nitrogens is 3. The molecule has 1 aliphatic heterocycles. The van der Waals surface area contributed by atoms with Gasteiger partial charge < -0.3 is 10.2 Å². The van der Waals surface area contributed by atoms with E-state index < -0.39 is 0 Å². The summed E-state index contributed by atoms with van der Waals surface area (Å²) in [5.74, 6) is -0.198. The number of nitrogens with zero attached hydrogens (tertiary/aromatic N) is 5. The van der Waals surface area contributed by atoms with Crippen LogP contribution < -0.4 is 5.32 Å². The predicted octanol–water partition coefficient (Wildman–Crippen LogP) is 0.633. The Morgan fingerprint density at radius 3 is 2.92 bits per heavy atom. The second-order valence-corrected chi connectivity index (χ2v) is 6.01. The molecular weight excluding hydrogens is 332 g/mol. The maximum Gasteiger partial charge on any atom is 0.238 e. The molecule has 126 valence electrons. The van der Waals surface area contributed by atoms with Crippen molar-refractivity contribution < 1.29 is 9.59 Å². The highest BCUT2D eigenvalue weighted by Crippen LogP contribution is 2.24. The number of nitrogens with one attached hydrogen (secondary N) is 1. The van der Waals surface area contributed by atoms with Gasteiger partial charge in [0, 0.05) is 25.2 Å². The smallest absolute Gasteiger partial charge is 0.238 e. The van der Waals surface area contributed by atoms with Crippen LogP contribution in [0.15, 0.2) is 30.9 Å². The molecule has 0 radical (unpaired) electrons. The third-order valence-corrected chi connectivity index (χ3v) is 4.04. The number of carbonyl (C=O) groups excluding carboxylic acids is 2. The van der Waals surface area contributed by atoms with Gasteiger partial charge in [0.05, 0.1) is 24.5 Å². The SMILES string of the molecule is CN1CCN(CC(=O)Nc2cc(Cl)ccc2-n2cncn2)CC1=O. The Balaban J connectivity index is 1.70. The molecule has 2 heterocycles. The monoisotopic (exact) mass is 348 g/mol. The molecule has 2 aromatic rings. The van der Waals surface area contributed by atoms with Crippen LogP contribution >= 0.6 is 11.6 Å². The highest BCUT2D eigenvalue weighted by atomic mass is 35.5. The quantitative estimate of drug-likeness (QED) is 0.876. The topological polar surface area (TPSA) is 83.4 Å². The van der Waals surface area contributed by atoms with Gasteiger partial charge in [-0.25, -0.2) is 9.67 Å². The fourth-order valence-electron chi connectivity index (χ4n) is 2.48. The van der Waals surface area contributed by atoms with E-state index in [1.165, 1.54) is 12.7 Å². The van der Waals surface area contributed by atoms with Crippen LogP contribution in [-0.2, 0) is 9.59 Å². The first-order valence-electron chi connectivity index (χ1n) is 7.43. The fraction of sp³-hybridized carbons (Fsp3) is 0.333. The maximum atomic E-state index is 12.3. The van der Waals surface area contributed by atoms with Crippen molar-refractivity contribution in [1.29, 1.82) is 0 Å². The van der Waals surface area contributed by atoms with E-state index in [0.29, 0.717) is 29.5 Å². The third-order valence-electron chi connectivity index (χ3n) is 3.80. The largest absolute Gasteiger partial charge is 0.343 e. The summed E-state index contributed by atoms with van der Waals surface area (Å²) in [5.41, 5.74) is 1.21. The zero-order chi connectivity index (χ0) is 17.1. The Labute approximate surface area is 144 Å². The van der Waals surface area contributed by atoms with Crippen LogP contribution in [0.4, 0.5) is 5.69 Å². The Morgan fingerprint density at radius 1 is 1.38 bits per heavy atom. The number of benzene rings is 1. The molecule has 24 heavy (non-hydrogen) atoms. The maximum absolute atomic E-state index is 12.3. The highest BCUT2D eigenvalue weighted by molar-refractivity contribution is 6.31. The molecule has 1 fully saturated rings. The number of likely N-dealkylation sites (N-methyl/N-ethyl adjacent to an activating group) is 1. The molecule has 0 saturated carbocycles. The van der Waals surface area contributed by atoms with Gasteiger partial charge in [0.1, 0.15) is 12.7 Å². The Kier molecular flexibility index (Phi) is 4.77. The first kappa shape index (κ1) is 16.4. The molecule has 3 rings (SSSR count). The first-order chi connectivity index (χ1) is 11.5. The number of rotatable bonds is 4. The summed E-state index contributed by atoms with van der Waals surface area (Å²) < 4.78 is 1.55. The number of amides is 2. The molecule has 9 heteroatoms. The van der Waals surface area contributed by atoms with E-state index in [0.717, 1.165) is 0 Å². The summed E-state index contributed by atoms with van der Waals surface area (Å²) in [6.45, 7) is 1.67. The van der Waals surface area contributed by atoms with Gasteiger partial charge in [0.15, 0.2) is 0 Å². The van der Waals surface area contributed by atoms with E-state index >= 15 is 0 Å². The van der Waals surface area contributed by atoms with Crippen molar-refractivity contribution in [3.05, 3.63) is 35.9 Å². The van der Waals surface area contributed by atoms with E-state index in [1.54, 1.807) is 34.8 Å². The van der Waals surface area contributed by atoms with Gasteiger partial charge in [-0.05, 0) is 18.2 Å². The second-order valence-electron chi connectivity index (χ2n) is 5.58. The summed E-state index contributed by atoms with van der Waals surface area (Å²) in [4.78, 5) is 31.4. The zero-order valence-corrected chi connectivity index (χ0v) is 13.9. The van der Waals surface area contributed by atoms with Crippen LogP contribution in [-0.4, -0.2) is 69.6 Å². The third kappa shape index (κ3) is 3.72. The summed E-state index contributed by atoms with van der Waals surface area (Å²) in [6, 6.07) is 5.13. The van der Waals surface area contributed by atoms with Crippen LogP contribution in [0, 0.1) is 0 Å². The molecule has 1 N–H and O–H groups in total. The number of hydrogen-bond acceptors (Lipinski definition) is 5. The minimum Gasteiger partial charge on any atom is -0.343 e. The zero-order valence-electron chi connectivity index (χ0n) is 13.1. The summed E-state index contributed by atoms with van der Waals surface area (Å²) in [6.07, 6.45) is 2.95. The predicted molar refractivity (Wildman–Crippen MR) is 89.1 cm³/mol. The van der Waals surface area contributed by atoms with Gasteiger partial charge >= 0.3 is 0 Å². The molecule has 1 aromatic heterocycles. The number of anilines is 1. The lowest BCUT2D eigenvalue weighted by atomic mass is 10.2. The number of piperazine rings is 1. The molecule has 0 unspecified atom stereocenters. The summed E-state index contributed by atoms with van der Waals surface area (Å²) in [5, 5.41) is 7.41. The van der Waals surface area contributed by atoms with Gasteiger partial charge in [0.2, 0.25) is 11.8 Å². The molecular formula is C15H17ClN6O2. The van der Waals surface area contributed by atoms with Crippen LogP contribution in [0.1, 0.15) is 0 Å². The summed E-state index contributed by atoms with van der Waals surface area (Å²) >= 11 is 6.03. The van der Waals surface area contributed by atoms with E-state index in [-0.39, 0.29) is 24.9 Å². The van der Waals surface area contributed by atoms with Crippen molar-refractivity contribution in [1.82, 2.24) is 24.6 Å². The van der Waals surface area contributed by atoms with E-state index in [4.69, 9.17) is 11.6 Å². The Morgan fingerprint density at radius 2 is 2.21 bits per heavy atom.